The maximum Gasteiger partial charge on any atom is 0.0995 e. The van der Waals surface area contributed by atoms with Gasteiger partial charge in [0.05, 0.1) is 12.0 Å². The van der Waals surface area contributed by atoms with Crippen LogP contribution >= 0.6 is 0 Å². The summed E-state index contributed by atoms with van der Waals surface area (Å²) in [4.78, 5) is 4.21. The predicted molar refractivity (Wildman–Crippen MR) is 89.7 cm³/mol. The fourth-order valence-electron chi connectivity index (χ4n) is 1.59. The van der Waals surface area contributed by atoms with Crippen LogP contribution in [-0.2, 0) is 0 Å². The molecule has 0 amide bonds. The van der Waals surface area contributed by atoms with Crippen LogP contribution in [0.1, 0.15) is 65.1 Å². The zero-order valence-corrected chi connectivity index (χ0v) is 14.1. The van der Waals surface area contributed by atoms with Gasteiger partial charge in [0.2, 0.25) is 0 Å². The molecule has 0 fully saturated rings. The molecule has 1 aromatic heterocycles. The van der Waals surface area contributed by atoms with Crippen LogP contribution in [0.2, 0.25) is 0 Å². The summed E-state index contributed by atoms with van der Waals surface area (Å²) < 4.78 is 2.04. The lowest BCUT2D eigenvalue weighted by Gasteiger charge is -2.07. The number of hydrogen-bond donors (Lipinski definition) is 0. The minimum Gasteiger partial charge on any atom is -0.306 e. The summed E-state index contributed by atoms with van der Waals surface area (Å²) in [5, 5.41) is 0. The van der Waals surface area contributed by atoms with Gasteiger partial charge in [-0.15, -0.1) is 0 Å². The molecule has 0 saturated heterocycles. The SMILES string of the molecule is CC.CCC.Cc1cn(-c2ccc(C(C)C)cc2)cn1. The highest BCUT2D eigenvalue weighted by Gasteiger charge is 2.00. The molecule has 0 N–H and O–H groups in total. The molecule has 0 radical (unpaired) electrons. The summed E-state index contributed by atoms with van der Waals surface area (Å²) in [7, 11) is 0. The van der Waals surface area contributed by atoms with E-state index in [0.29, 0.717) is 5.92 Å². The van der Waals surface area contributed by atoms with Gasteiger partial charge >= 0.3 is 0 Å². The van der Waals surface area contributed by atoms with Crippen molar-refractivity contribution in [3.63, 3.8) is 0 Å². The summed E-state index contributed by atoms with van der Waals surface area (Å²) in [5.74, 6) is 0.587. The smallest absolute Gasteiger partial charge is 0.0995 e. The van der Waals surface area contributed by atoms with E-state index in [1.807, 2.05) is 37.9 Å². The molecule has 0 bridgehead atoms. The number of rotatable bonds is 2. The molecule has 112 valence electrons. The first-order valence-corrected chi connectivity index (χ1v) is 7.69. The fraction of sp³-hybridized carbons (Fsp3) is 0.500. The van der Waals surface area contributed by atoms with E-state index in [-0.39, 0.29) is 0 Å². The number of nitrogens with zero attached hydrogens (tertiary/aromatic N) is 2. The van der Waals surface area contributed by atoms with E-state index in [1.54, 1.807) is 0 Å². The lowest BCUT2D eigenvalue weighted by atomic mass is 10.0. The largest absolute Gasteiger partial charge is 0.306 e. The Balaban J connectivity index is 0.000000641. The summed E-state index contributed by atoms with van der Waals surface area (Å²) in [6.07, 6.45) is 5.13. The molecule has 0 aliphatic heterocycles. The molecule has 0 saturated carbocycles. The predicted octanol–water partition coefficient (Wildman–Crippen LogP) is 5.75. The highest BCUT2D eigenvalue weighted by atomic mass is 15.0. The van der Waals surface area contributed by atoms with Gasteiger partial charge in [-0.1, -0.05) is 60.1 Å². The molecule has 0 aliphatic carbocycles. The van der Waals surface area contributed by atoms with Gasteiger partial charge in [0.1, 0.15) is 0 Å². The number of hydrogen-bond acceptors (Lipinski definition) is 1. The van der Waals surface area contributed by atoms with Crippen LogP contribution in [0.3, 0.4) is 0 Å². The summed E-state index contributed by atoms with van der Waals surface area (Å²) in [5.41, 5.74) is 3.58. The zero-order valence-electron chi connectivity index (χ0n) is 14.1. The highest BCUT2D eigenvalue weighted by molar-refractivity contribution is 5.35. The van der Waals surface area contributed by atoms with E-state index < -0.39 is 0 Å². The molecule has 1 aromatic carbocycles. The van der Waals surface area contributed by atoms with Gasteiger partial charge in [-0.3, -0.25) is 0 Å². The van der Waals surface area contributed by atoms with Crippen LogP contribution < -0.4 is 0 Å². The first-order valence-electron chi connectivity index (χ1n) is 7.69. The molecule has 2 rings (SSSR count). The lowest BCUT2D eigenvalue weighted by Crippen LogP contribution is -1.92. The van der Waals surface area contributed by atoms with Crippen LogP contribution in [0.4, 0.5) is 0 Å². The Hall–Kier alpha value is -1.57. The second kappa shape index (κ2) is 10.2. The first-order chi connectivity index (χ1) is 9.58. The molecule has 20 heavy (non-hydrogen) atoms. The van der Waals surface area contributed by atoms with Crippen molar-refractivity contribution in [3.05, 3.63) is 48.0 Å². The van der Waals surface area contributed by atoms with Crippen LogP contribution in [0.5, 0.6) is 0 Å². The number of benzene rings is 1. The monoisotopic (exact) mass is 274 g/mol. The van der Waals surface area contributed by atoms with Crippen LogP contribution in [0, 0.1) is 6.92 Å². The molecule has 0 spiro atoms. The Bertz CT molecular complexity index is 453. The van der Waals surface area contributed by atoms with E-state index in [9.17, 15) is 0 Å². The second-order valence-corrected chi connectivity index (χ2v) is 4.88. The average molecular weight is 274 g/mol. The van der Waals surface area contributed by atoms with Crippen LogP contribution in [0.25, 0.3) is 5.69 Å². The van der Waals surface area contributed by atoms with Gasteiger partial charge in [-0.2, -0.15) is 0 Å². The molecule has 2 aromatic rings. The van der Waals surface area contributed by atoms with Crippen molar-refractivity contribution >= 4 is 0 Å². The third-order valence-electron chi connectivity index (χ3n) is 2.57. The Morgan fingerprint density at radius 3 is 1.90 bits per heavy atom. The van der Waals surface area contributed by atoms with Crippen molar-refractivity contribution in [1.29, 1.82) is 0 Å². The van der Waals surface area contributed by atoms with Crippen molar-refractivity contribution in [2.24, 2.45) is 0 Å². The van der Waals surface area contributed by atoms with E-state index in [2.05, 4.69) is 56.9 Å². The van der Waals surface area contributed by atoms with Crippen molar-refractivity contribution in [2.75, 3.05) is 0 Å². The molecule has 2 heteroatoms. The standard InChI is InChI=1S/C13H16N2.C3H8.C2H6/c1-10(2)12-4-6-13(7-5-12)15-8-11(3)14-9-15;1-3-2;1-2/h4-10H,1-3H3;3H2,1-2H3;1-2H3. The number of aromatic nitrogens is 2. The van der Waals surface area contributed by atoms with E-state index in [0.717, 1.165) is 5.69 Å². The Labute approximate surface area is 124 Å². The second-order valence-electron chi connectivity index (χ2n) is 4.88. The molecule has 0 atom stereocenters. The van der Waals surface area contributed by atoms with Crippen molar-refractivity contribution in [2.45, 2.75) is 60.8 Å². The summed E-state index contributed by atoms with van der Waals surface area (Å²) in [6.45, 7) is 14.7. The van der Waals surface area contributed by atoms with Gasteiger partial charge < -0.3 is 4.57 Å². The molecular weight excluding hydrogens is 244 g/mol. The lowest BCUT2D eigenvalue weighted by molar-refractivity contribution is 0.865. The maximum atomic E-state index is 4.21. The minimum absolute atomic E-state index is 0.587. The van der Waals surface area contributed by atoms with E-state index in [4.69, 9.17) is 0 Å². The molecule has 1 heterocycles. The molecule has 2 nitrogen and oxygen atoms in total. The summed E-state index contributed by atoms with van der Waals surface area (Å²) >= 11 is 0. The fourth-order valence-corrected chi connectivity index (χ4v) is 1.59. The molecular formula is C18H30N2. The molecule has 0 aliphatic rings. The quantitative estimate of drug-likeness (QED) is 0.682. The van der Waals surface area contributed by atoms with Gasteiger partial charge in [0, 0.05) is 11.9 Å². The normalized spacial score (nSPS) is 9.40. The number of aryl methyl sites for hydroxylation is 1. The Morgan fingerprint density at radius 1 is 1.05 bits per heavy atom. The van der Waals surface area contributed by atoms with E-state index >= 15 is 0 Å². The van der Waals surface area contributed by atoms with Gasteiger partial charge in [0.15, 0.2) is 0 Å². The van der Waals surface area contributed by atoms with Crippen molar-refractivity contribution < 1.29 is 0 Å². The topological polar surface area (TPSA) is 17.8 Å². The average Bonchev–Trinajstić information content (AvgIpc) is 2.89. The first kappa shape index (κ1) is 18.4. The molecule has 0 unspecified atom stereocenters. The zero-order chi connectivity index (χ0) is 15.5. The maximum absolute atomic E-state index is 4.21. The Morgan fingerprint density at radius 2 is 1.55 bits per heavy atom. The summed E-state index contributed by atoms with van der Waals surface area (Å²) in [6, 6.07) is 8.62. The van der Waals surface area contributed by atoms with Crippen molar-refractivity contribution in [3.8, 4) is 5.69 Å². The number of imidazole rings is 1. The van der Waals surface area contributed by atoms with Crippen LogP contribution in [0.15, 0.2) is 36.8 Å². The third-order valence-corrected chi connectivity index (χ3v) is 2.57. The highest BCUT2D eigenvalue weighted by Crippen LogP contribution is 2.16. The third kappa shape index (κ3) is 6.05. The van der Waals surface area contributed by atoms with Crippen LogP contribution in [-0.4, -0.2) is 9.55 Å². The van der Waals surface area contributed by atoms with Crippen molar-refractivity contribution in [1.82, 2.24) is 9.55 Å². The van der Waals surface area contributed by atoms with E-state index in [1.165, 1.54) is 17.7 Å². The Kier molecular flexibility index (Phi) is 9.44. The van der Waals surface area contributed by atoms with Gasteiger partial charge in [-0.25, -0.2) is 4.98 Å². The van der Waals surface area contributed by atoms with Gasteiger partial charge in [-0.05, 0) is 30.5 Å². The van der Waals surface area contributed by atoms with Gasteiger partial charge in [0.25, 0.3) is 0 Å². The minimum atomic E-state index is 0.587.